The van der Waals surface area contributed by atoms with Crippen molar-refractivity contribution >= 4 is 15.9 Å². The zero-order valence-electron chi connectivity index (χ0n) is 11.6. The Kier molecular flexibility index (Phi) is 5.74. The lowest BCUT2D eigenvalue weighted by atomic mass is 9.92. The molecule has 0 aromatic heterocycles. The number of likely N-dealkylation sites (N-methyl/N-ethyl adjacent to an activating group) is 1. The van der Waals surface area contributed by atoms with E-state index in [1.165, 1.54) is 23.3 Å². The summed E-state index contributed by atoms with van der Waals surface area (Å²) in [7, 11) is 0. The van der Waals surface area contributed by atoms with Gasteiger partial charge in [-0.3, -0.25) is 0 Å². The molecule has 0 aliphatic carbocycles. The highest BCUT2D eigenvalue weighted by Crippen LogP contribution is 2.22. The molecule has 3 heteroatoms. The van der Waals surface area contributed by atoms with Gasteiger partial charge in [0.1, 0.15) is 5.82 Å². The molecule has 1 N–H and O–H groups in total. The molecule has 0 saturated carbocycles. The summed E-state index contributed by atoms with van der Waals surface area (Å²) in [5.74, 6) is 0.170. The highest BCUT2D eigenvalue weighted by atomic mass is 79.9. The summed E-state index contributed by atoms with van der Waals surface area (Å²) < 4.78 is 14.2. The molecule has 0 fully saturated rings. The average Bonchev–Trinajstić information content (AvgIpc) is 2.44. The quantitative estimate of drug-likeness (QED) is 0.818. The Morgan fingerprint density at radius 3 is 2.55 bits per heavy atom. The molecule has 0 bridgehead atoms. The van der Waals surface area contributed by atoms with Gasteiger partial charge >= 0.3 is 0 Å². The highest BCUT2D eigenvalue weighted by Gasteiger charge is 2.12. The van der Waals surface area contributed by atoms with Gasteiger partial charge in [-0.05, 0) is 48.4 Å². The van der Waals surface area contributed by atoms with Crippen molar-refractivity contribution in [1.29, 1.82) is 0 Å². The third-order valence-electron chi connectivity index (χ3n) is 3.35. The van der Waals surface area contributed by atoms with E-state index in [1.54, 1.807) is 0 Å². The molecule has 1 atom stereocenters. The first-order valence-corrected chi connectivity index (χ1v) is 7.69. The molecule has 0 aliphatic heterocycles. The van der Waals surface area contributed by atoms with E-state index < -0.39 is 0 Å². The van der Waals surface area contributed by atoms with Crippen LogP contribution in [0.4, 0.5) is 4.39 Å². The first-order chi connectivity index (χ1) is 9.69. The van der Waals surface area contributed by atoms with Gasteiger partial charge in [-0.15, -0.1) is 0 Å². The van der Waals surface area contributed by atoms with Crippen molar-refractivity contribution in [2.45, 2.75) is 19.3 Å². The maximum Gasteiger partial charge on any atom is 0.123 e. The van der Waals surface area contributed by atoms with E-state index in [0.717, 1.165) is 24.0 Å². The number of hydrogen-bond donors (Lipinski definition) is 1. The second-order valence-electron chi connectivity index (χ2n) is 4.89. The molecule has 0 spiro atoms. The molecule has 0 aliphatic rings. The van der Waals surface area contributed by atoms with E-state index in [0.29, 0.717) is 5.92 Å². The SMILES string of the molecule is CCNCC(Cc1cccc(Br)c1)c1ccc(F)cc1. The predicted molar refractivity (Wildman–Crippen MR) is 85.5 cm³/mol. The molecule has 2 aromatic carbocycles. The Bertz CT molecular complexity index is 539. The van der Waals surface area contributed by atoms with Crippen LogP contribution < -0.4 is 5.32 Å². The van der Waals surface area contributed by atoms with Crippen molar-refractivity contribution in [1.82, 2.24) is 5.32 Å². The summed E-state index contributed by atoms with van der Waals surface area (Å²) >= 11 is 3.51. The molecule has 1 unspecified atom stereocenters. The highest BCUT2D eigenvalue weighted by molar-refractivity contribution is 9.10. The third kappa shape index (κ3) is 4.43. The van der Waals surface area contributed by atoms with E-state index in [2.05, 4.69) is 40.3 Å². The van der Waals surface area contributed by atoms with E-state index in [9.17, 15) is 4.39 Å². The number of halogens is 2. The van der Waals surface area contributed by atoms with Crippen LogP contribution in [-0.2, 0) is 6.42 Å². The molecule has 2 aromatic rings. The smallest absolute Gasteiger partial charge is 0.123 e. The molecule has 106 valence electrons. The van der Waals surface area contributed by atoms with Crippen LogP contribution in [0.1, 0.15) is 24.0 Å². The minimum absolute atomic E-state index is 0.182. The van der Waals surface area contributed by atoms with Crippen LogP contribution in [-0.4, -0.2) is 13.1 Å². The van der Waals surface area contributed by atoms with Gasteiger partial charge in [0.15, 0.2) is 0 Å². The molecule has 1 nitrogen and oxygen atoms in total. The van der Waals surface area contributed by atoms with Gasteiger partial charge in [-0.2, -0.15) is 0 Å². The molecular formula is C17H19BrFN. The van der Waals surface area contributed by atoms with Crippen LogP contribution in [0.25, 0.3) is 0 Å². The van der Waals surface area contributed by atoms with Gasteiger partial charge in [-0.25, -0.2) is 4.39 Å². The number of nitrogens with one attached hydrogen (secondary N) is 1. The van der Waals surface area contributed by atoms with Gasteiger partial charge in [-0.1, -0.05) is 47.1 Å². The Labute approximate surface area is 128 Å². The van der Waals surface area contributed by atoms with Crippen molar-refractivity contribution in [2.24, 2.45) is 0 Å². The maximum atomic E-state index is 13.1. The Morgan fingerprint density at radius 1 is 1.15 bits per heavy atom. The van der Waals surface area contributed by atoms with Crippen molar-refractivity contribution in [3.63, 3.8) is 0 Å². The normalized spacial score (nSPS) is 12.3. The lowest BCUT2D eigenvalue weighted by Crippen LogP contribution is -2.22. The van der Waals surface area contributed by atoms with Gasteiger partial charge in [0.2, 0.25) is 0 Å². The lowest BCUT2D eigenvalue weighted by Gasteiger charge is -2.18. The Morgan fingerprint density at radius 2 is 1.90 bits per heavy atom. The fourth-order valence-corrected chi connectivity index (χ4v) is 2.76. The van der Waals surface area contributed by atoms with Crippen molar-refractivity contribution in [3.8, 4) is 0 Å². The van der Waals surface area contributed by atoms with Crippen molar-refractivity contribution < 1.29 is 4.39 Å². The fraction of sp³-hybridized carbons (Fsp3) is 0.294. The minimum atomic E-state index is -0.182. The largest absolute Gasteiger partial charge is 0.316 e. The first-order valence-electron chi connectivity index (χ1n) is 6.89. The molecule has 2 rings (SSSR count). The third-order valence-corrected chi connectivity index (χ3v) is 3.85. The van der Waals surface area contributed by atoms with Gasteiger partial charge < -0.3 is 5.32 Å². The number of benzene rings is 2. The predicted octanol–water partition coefficient (Wildman–Crippen LogP) is 4.52. The van der Waals surface area contributed by atoms with E-state index in [4.69, 9.17) is 0 Å². The van der Waals surface area contributed by atoms with Crippen LogP contribution in [0.5, 0.6) is 0 Å². The van der Waals surface area contributed by atoms with Crippen molar-refractivity contribution in [3.05, 3.63) is 69.9 Å². The fourth-order valence-electron chi connectivity index (χ4n) is 2.31. The summed E-state index contributed by atoms with van der Waals surface area (Å²) in [5.41, 5.74) is 2.46. The summed E-state index contributed by atoms with van der Waals surface area (Å²) in [6.07, 6.45) is 0.943. The van der Waals surface area contributed by atoms with Gasteiger partial charge in [0.25, 0.3) is 0 Å². The van der Waals surface area contributed by atoms with Crippen LogP contribution in [0.2, 0.25) is 0 Å². The second kappa shape index (κ2) is 7.55. The molecule has 0 amide bonds. The summed E-state index contributed by atoms with van der Waals surface area (Å²) in [4.78, 5) is 0. The molecule has 0 saturated heterocycles. The molecule has 0 heterocycles. The van der Waals surface area contributed by atoms with E-state index >= 15 is 0 Å². The molecule has 0 radical (unpaired) electrons. The van der Waals surface area contributed by atoms with Crippen LogP contribution in [0, 0.1) is 5.82 Å². The number of rotatable bonds is 6. The average molecular weight is 336 g/mol. The van der Waals surface area contributed by atoms with Crippen LogP contribution in [0.15, 0.2) is 53.0 Å². The van der Waals surface area contributed by atoms with Crippen molar-refractivity contribution in [2.75, 3.05) is 13.1 Å². The lowest BCUT2D eigenvalue weighted by molar-refractivity contribution is 0.590. The second-order valence-corrected chi connectivity index (χ2v) is 5.81. The van der Waals surface area contributed by atoms with Crippen LogP contribution in [0.3, 0.4) is 0 Å². The van der Waals surface area contributed by atoms with Crippen LogP contribution >= 0.6 is 15.9 Å². The standard InChI is InChI=1S/C17H19BrFN/c1-2-20-12-15(14-6-8-17(19)9-7-14)10-13-4-3-5-16(18)11-13/h3-9,11,15,20H,2,10,12H2,1H3. The van der Waals surface area contributed by atoms with Gasteiger partial charge in [0, 0.05) is 16.9 Å². The van der Waals surface area contributed by atoms with E-state index in [1.807, 2.05) is 24.3 Å². The topological polar surface area (TPSA) is 12.0 Å². The zero-order chi connectivity index (χ0) is 14.4. The summed E-state index contributed by atoms with van der Waals surface area (Å²) in [5, 5.41) is 3.39. The number of hydrogen-bond acceptors (Lipinski definition) is 1. The monoisotopic (exact) mass is 335 g/mol. The molecular weight excluding hydrogens is 317 g/mol. The first kappa shape index (κ1) is 15.2. The Hall–Kier alpha value is -1.19. The molecule has 20 heavy (non-hydrogen) atoms. The zero-order valence-corrected chi connectivity index (χ0v) is 13.2. The Balaban J connectivity index is 2.16. The minimum Gasteiger partial charge on any atom is -0.316 e. The maximum absolute atomic E-state index is 13.1. The van der Waals surface area contributed by atoms with Gasteiger partial charge in [0.05, 0.1) is 0 Å². The van der Waals surface area contributed by atoms with E-state index in [-0.39, 0.29) is 5.82 Å². The summed E-state index contributed by atoms with van der Waals surface area (Å²) in [6.45, 7) is 3.94. The summed E-state index contributed by atoms with van der Waals surface area (Å²) in [6, 6.07) is 15.2.